The smallest absolute Gasteiger partial charge is 0.487 e. The van der Waals surface area contributed by atoms with Crippen LogP contribution in [0.2, 0.25) is 0 Å². The molecule has 0 fully saturated rings. The van der Waals surface area contributed by atoms with Gasteiger partial charge in [-0.3, -0.25) is 4.79 Å². The molecule has 0 radical (unpaired) electrons. The molecule has 3 nitrogen and oxygen atoms in total. The first-order valence-corrected chi connectivity index (χ1v) is 7.35. The number of ketones is 1. The van der Waals surface area contributed by atoms with Crippen LogP contribution in [0.25, 0.3) is 11.1 Å². The number of halogens is 3. The van der Waals surface area contributed by atoms with E-state index in [1.807, 2.05) is 13.8 Å². The van der Waals surface area contributed by atoms with Crippen LogP contribution in [0.4, 0.5) is 13.2 Å². The number of ether oxygens (including phenoxy) is 2. The van der Waals surface area contributed by atoms with Gasteiger partial charge in [-0.2, -0.15) is 0 Å². The van der Waals surface area contributed by atoms with Crippen molar-refractivity contribution in [1.29, 1.82) is 0 Å². The van der Waals surface area contributed by atoms with Crippen LogP contribution < -0.4 is 9.47 Å². The predicted molar refractivity (Wildman–Crippen MR) is 82.2 cm³/mol. The normalized spacial score (nSPS) is 16.3. The molecule has 0 bridgehead atoms. The molecule has 0 N–H and O–H groups in total. The van der Waals surface area contributed by atoms with Gasteiger partial charge in [0.2, 0.25) is 0 Å². The number of carbonyl (C=O) groups excluding carboxylic acids is 1. The maximum Gasteiger partial charge on any atom is 0.573 e. The molecule has 6 heteroatoms. The molecule has 24 heavy (non-hydrogen) atoms. The van der Waals surface area contributed by atoms with Crippen molar-refractivity contribution in [3.05, 3.63) is 48.0 Å². The van der Waals surface area contributed by atoms with Gasteiger partial charge in [-0.25, -0.2) is 0 Å². The summed E-state index contributed by atoms with van der Waals surface area (Å²) in [6.45, 7) is 3.67. The van der Waals surface area contributed by atoms with Gasteiger partial charge in [-0.05, 0) is 49.2 Å². The van der Waals surface area contributed by atoms with E-state index in [1.54, 1.807) is 18.2 Å². The molecule has 0 atom stereocenters. The third kappa shape index (κ3) is 3.53. The maximum absolute atomic E-state index is 12.2. The van der Waals surface area contributed by atoms with Gasteiger partial charge in [-0.15, -0.1) is 13.2 Å². The van der Waals surface area contributed by atoms with Gasteiger partial charge >= 0.3 is 6.36 Å². The highest BCUT2D eigenvalue weighted by atomic mass is 19.4. The Morgan fingerprint density at radius 2 is 1.67 bits per heavy atom. The molecule has 1 aliphatic rings. The van der Waals surface area contributed by atoms with Crippen LogP contribution in [-0.4, -0.2) is 17.7 Å². The number of benzene rings is 2. The molecule has 0 spiro atoms. The van der Waals surface area contributed by atoms with Crippen LogP contribution in [0.3, 0.4) is 0 Å². The molecule has 3 rings (SSSR count). The summed E-state index contributed by atoms with van der Waals surface area (Å²) < 4.78 is 46.3. The largest absolute Gasteiger partial charge is 0.573 e. The summed E-state index contributed by atoms with van der Waals surface area (Å²) in [5.74, 6) is 0.225. The zero-order chi connectivity index (χ0) is 17.5. The lowest BCUT2D eigenvalue weighted by Crippen LogP contribution is -2.35. The summed E-state index contributed by atoms with van der Waals surface area (Å²) in [5, 5.41) is 0. The van der Waals surface area contributed by atoms with E-state index < -0.39 is 12.0 Å². The monoisotopic (exact) mass is 336 g/mol. The lowest BCUT2D eigenvalue weighted by molar-refractivity contribution is -0.274. The Bertz CT molecular complexity index is 777. The number of carbonyl (C=O) groups is 1. The Morgan fingerprint density at radius 3 is 2.29 bits per heavy atom. The van der Waals surface area contributed by atoms with Crippen molar-refractivity contribution in [2.24, 2.45) is 0 Å². The van der Waals surface area contributed by atoms with Crippen molar-refractivity contribution in [2.75, 3.05) is 0 Å². The maximum atomic E-state index is 12.2. The number of fused-ring (bicyclic) bond motifs is 1. The minimum absolute atomic E-state index is 0.0155. The fourth-order valence-electron chi connectivity index (χ4n) is 2.68. The molecule has 0 aliphatic carbocycles. The van der Waals surface area contributed by atoms with E-state index in [0.29, 0.717) is 23.3 Å². The van der Waals surface area contributed by atoms with Crippen molar-refractivity contribution < 1.29 is 27.4 Å². The molecule has 0 aromatic heterocycles. The Kier molecular flexibility index (Phi) is 3.78. The Hall–Kier alpha value is -2.50. The Morgan fingerprint density at radius 1 is 1.04 bits per heavy atom. The van der Waals surface area contributed by atoms with E-state index in [1.165, 1.54) is 24.3 Å². The first-order valence-electron chi connectivity index (χ1n) is 7.35. The molecule has 1 heterocycles. The van der Waals surface area contributed by atoms with Gasteiger partial charge in [0, 0.05) is 0 Å². The average molecular weight is 336 g/mol. The minimum Gasteiger partial charge on any atom is -0.487 e. The number of Topliss-reactive ketones (excluding diaryl/α,β-unsaturated/α-hetero) is 1. The van der Waals surface area contributed by atoms with Gasteiger partial charge in [0.1, 0.15) is 17.1 Å². The van der Waals surface area contributed by atoms with E-state index in [4.69, 9.17) is 4.74 Å². The van der Waals surface area contributed by atoms with E-state index in [9.17, 15) is 18.0 Å². The molecule has 2 aromatic rings. The zero-order valence-electron chi connectivity index (χ0n) is 13.1. The van der Waals surface area contributed by atoms with Crippen LogP contribution in [0.5, 0.6) is 11.5 Å². The molecule has 0 saturated carbocycles. The fraction of sp³-hybridized carbons (Fsp3) is 0.278. The summed E-state index contributed by atoms with van der Waals surface area (Å²) in [7, 11) is 0. The van der Waals surface area contributed by atoms with E-state index in [2.05, 4.69) is 4.74 Å². The minimum atomic E-state index is -4.72. The van der Waals surface area contributed by atoms with E-state index in [0.717, 1.165) is 5.56 Å². The SMILES string of the molecule is CC1(C)CC(=O)c2ccc(-c3ccc(OC(F)(F)F)cc3)cc2O1. The molecular formula is C18H15F3O3. The number of rotatable bonds is 2. The van der Waals surface area contributed by atoms with Crippen LogP contribution in [-0.2, 0) is 0 Å². The lowest BCUT2D eigenvalue weighted by atomic mass is 9.91. The molecule has 126 valence electrons. The Labute approximate surface area is 137 Å². The van der Waals surface area contributed by atoms with Gasteiger partial charge in [0.25, 0.3) is 0 Å². The van der Waals surface area contributed by atoms with Crippen LogP contribution in [0.1, 0.15) is 30.6 Å². The third-order valence-electron chi connectivity index (χ3n) is 3.68. The first kappa shape index (κ1) is 16.4. The topological polar surface area (TPSA) is 35.5 Å². The fourth-order valence-corrected chi connectivity index (χ4v) is 2.68. The van der Waals surface area contributed by atoms with Gasteiger partial charge in [0.15, 0.2) is 5.78 Å². The summed E-state index contributed by atoms with van der Waals surface area (Å²) in [5.41, 5.74) is 1.40. The highest BCUT2D eigenvalue weighted by Gasteiger charge is 2.33. The number of hydrogen-bond acceptors (Lipinski definition) is 3. The highest BCUT2D eigenvalue weighted by molar-refractivity contribution is 6.00. The van der Waals surface area contributed by atoms with Crippen molar-refractivity contribution >= 4 is 5.78 Å². The van der Waals surface area contributed by atoms with E-state index in [-0.39, 0.29) is 11.5 Å². The second kappa shape index (κ2) is 5.54. The second-order valence-corrected chi connectivity index (χ2v) is 6.24. The summed E-state index contributed by atoms with van der Waals surface area (Å²) in [4.78, 5) is 12.1. The van der Waals surface area contributed by atoms with Gasteiger partial charge < -0.3 is 9.47 Å². The average Bonchev–Trinajstić information content (AvgIpc) is 2.44. The van der Waals surface area contributed by atoms with Crippen LogP contribution in [0.15, 0.2) is 42.5 Å². The number of alkyl halides is 3. The Balaban J connectivity index is 1.90. The first-order chi connectivity index (χ1) is 11.1. The van der Waals surface area contributed by atoms with Crippen molar-refractivity contribution in [1.82, 2.24) is 0 Å². The van der Waals surface area contributed by atoms with Crippen molar-refractivity contribution in [2.45, 2.75) is 32.2 Å². The molecule has 1 aliphatic heterocycles. The van der Waals surface area contributed by atoms with Crippen molar-refractivity contribution in [3.8, 4) is 22.6 Å². The summed E-state index contributed by atoms with van der Waals surface area (Å²) in [6.07, 6.45) is -4.41. The van der Waals surface area contributed by atoms with Gasteiger partial charge in [-0.1, -0.05) is 18.2 Å². The zero-order valence-corrected chi connectivity index (χ0v) is 13.1. The third-order valence-corrected chi connectivity index (χ3v) is 3.68. The van der Waals surface area contributed by atoms with Crippen molar-refractivity contribution in [3.63, 3.8) is 0 Å². The summed E-state index contributed by atoms with van der Waals surface area (Å²) >= 11 is 0. The molecule has 0 saturated heterocycles. The number of hydrogen-bond donors (Lipinski definition) is 0. The standard InChI is InChI=1S/C18H15F3O3/c1-17(2)10-15(22)14-8-5-12(9-16(14)24-17)11-3-6-13(7-4-11)23-18(19,20)21/h3-9H,10H2,1-2H3. The lowest BCUT2D eigenvalue weighted by Gasteiger charge is -2.31. The van der Waals surface area contributed by atoms with Gasteiger partial charge in [0.05, 0.1) is 12.0 Å². The molecule has 0 amide bonds. The molecule has 0 unspecified atom stereocenters. The molecule has 2 aromatic carbocycles. The predicted octanol–water partition coefficient (Wildman–Crippen LogP) is 5.00. The quantitative estimate of drug-likeness (QED) is 0.774. The van der Waals surface area contributed by atoms with Crippen LogP contribution >= 0.6 is 0 Å². The summed E-state index contributed by atoms with van der Waals surface area (Å²) in [6, 6.07) is 10.7. The highest BCUT2D eigenvalue weighted by Crippen LogP contribution is 2.36. The van der Waals surface area contributed by atoms with Crippen LogP contribution in [0, 0.1) is 0 Å². The molecular weight excluding hydrogens is 321 g/mol. The second-order valence-electron chi connectivity index (χ2n) is 6.24. The van der Waals surface area contributed by atoms with E-state index >= 15 is 0 Å².